The minimum absolute atomic E-state index is 0.00464. The maximum atomic E-state index is 12.5. The number of likely N-dealkylation sites (N-methyl/N-ethyl adjacent to an activating group) is 1. The first-order chi connectivity index (χ1) is 13.0. The van der Waals surface area contributed by atoms with Crippen molar-refractivity contribution in [1.29, 1.82) is 0 Å². The van der Waals surface area contributed by atoms with E-state index in [9.17, 15) is 9.59 Å². The van der Waals surface area contributed by atoms with Crippen molar-refractivity contribution in [3.8, 4) is 0 Å². The molecule has 2 heterocycles. The van der Waals surface area contributed by atoms with E-state index >= 15 is 0 Å². The van der Waals surface area contributed by atoms with Crippen LogP contribution < -0.4 is 5.56 Å². The fraction of sp³-hybridized carbons (Fsp3) is 0.211. The Morgan fingerprint density at radius 3 is 2.74 bits per heavy atom. The van der Waals surface area contributed by atoms with Crippen molar-refractivity contribution >= 4 is 46.0 Å². The Morgan fingerprint density at radius 1 is 1.30 bits per heavy atom. The first-order valence-corrected chi connectivity index (χ1v) is 9.42. The molecule has 0 saturated heterocycles. The zero-order valence-electron chi connectivity index (χ0n) is 14.9. The van der Waals surface area contributed by atoms with Crippen molar-refractivity contribution in [3.05, 3.63) is 68.0 Å². The van der Waals surface area contributed by atoms with Crippen LogP contribution >= 0.6 is 22.9 Å². The number of thiazole rings is 1. The van der Waals surface area contributed by atoms with Crippen molar-refractivity contribution in [1.82, 2.24) is 14.3 Å². The summed E-state index contributed by atoms with van der Waals surface area (Å²) >= 11 is 7.28. The van der Waals surface area contributed by atoms with Gasteiger partial charge in [-0.3, -0.25) is 9.20 Å². The molecule has 0 radical (unpaired) electrons. The Morgan fingerprint density at radius 2 is 2.04 bits per heavy atom. The predicted molar refractivity (Wildman–Crippen MR) is 109 cm³/mol. The van der Waals surface area contributed by atoms with Crippen molar-refractivity contribution in [3.63, 3.8) is 0 Å². The van der Waals surface area contributed by atoms with Gasteiger partial charge in [-0.05, 0) is 25.7 Å². The van der Waals surface area contributed by atoms with Gasteiger partial charge in [-0.2, -0.15) is 0 Å². The number of halogens is 1. The maximum Gasteiger partial charge on any atom is 0.350 e. The molecule has 3 rings (SSSR count). The van der Waals surface area contributed by atoms with E-state index in [0.717, 1.165) is 16.9 Å². The highest BCUT2D eigenvalue weighted by molar-refractivity contribution is 7.18. The Kier molecular flexibility index (Phi) is 6.05. The van der Waals surface area contributed by atoms with E-state index < -0.39 is 11.5 Å². The van der Waals surface area contributed by atoms with Gasteiger partial charge in [-0.1, -0.05) is 59.3 Å². The number of hydrogen-bond donors (Lipinski definition) is 0. The van der Waals surface area contributed by atoms with Gasteiger partial charge in [0.15, 0.2) is 4.96 Å². The molecule has 0 N–H and O–H groups in total. The molecule has 6 nitrogen and oxygen atoms in total. The molecule has 0 amide bonds. The highest BCUT2D eigenvalue weighted by Crippen LogP contribution is 2.20. The van der Waals surface area contributed by atoms with Gasteiger partial charge < -0.3 is 9.64 Å². The van der Waals surface area contributed by atoms with Crippen LogP contribution in [0.15, 0.2) is 41.3 Å². The number of nitrogens with zero attached hydrogens (tertiary/aromatic N) is 3. The molecule has 0 aliphatic heterocycles. The Labute approximate surface area is 165 Å². The van der Waals surface area contributed by atoms with Crippen LogP contribution in [0.5, 0.6) is 0 Å². The topological polar surface area (TPSA) is 63.9 Å². The number of carbonyl (C=O) groups is 1. The van der Waals surface area contributed by atoms with Gasteiger partial charge in [0.1, 0.15) is 16.5 Å². The molecule has 0 fully saturated rings. The summed E-state index contributed by atoms with van der Waals surface area (Å²) in [5.41, 5.74) is 0.907. The monoisotopic (exact) mass is 403 g/mol. The van der Waals surface area contributed by atoms with E-state index in [0.29, 0.717) is 22.1 Å². The molecule has 0 atom stereocenters. The lowest BCUT2D eigenvalue weighted by Crippen LogP contribution is -2.20. The summed E-state index contributed by atoms with van der Waals surface area (Å²) in [6.45, 7) is 0.892. The van der Waals surface area contributed by atoms with E-state index in [1.54, 1.807) is 6.08 Å². The molecule has 0 spiro atoms. The fourth-order valence-electron chi connectivity index (χ4n) is 2.27. The molecule has 2 aromatic heterocycles. The van der Waals surface area contributed by atoms with Crippen molar-refractivity contribution in [2.45, 2.75) is 0 Å². The molecule has 0 saturated carbocycles. The molecule has 27 heavy (non-hydrogen) atoms. The summed E-state index contributed by atoms with van der Waals surface area (Å²) in [7, 11) is 3.78. The van der Waals surface area contributed by atoms with Gasteiger partial charge in [-0.15, -0.1) is 0 Å². The highest BCUT2D eigenvalue weighted by atomic mass is 35.5. The number of hydrogen-bond acceptors (Lipinski definition) is 6. The first-order valence-electron chi connectivity index (χ1n) is 8.22. The number of esters is 1. The Hall–Kier alpha value is -2.48. The average molecular weight is 404 g/mol. The van der Waals surface area contributed by atoms with E-state index in [1.165, 1.54) is 10.6 Å². The van der Waals surface area contributed by atoms with Gasteiger partial charge >= 0.3 is 5.97 Å². The number of benzene rings is 1. The van der Waals surface area contributed by atoms with Crippen LogP contribution in [0.4, 0.5) is 0 Å². The second kappa shape index (κ2) is 8.47. The van der Waals surface area contributed by atoms with Crippen molar-refractivity contribution < 1.29 is 9.53 Å². The molecular weight excluding hydrogens is 386 g/mol. The molecule has 140 valence electrons. The minimum atomic E-state index is -0.482. The average Bonchev–Trinajstić information content (AvgIpc) is 3.08. The standard InChI is InChI=1S/C19H18ClN3O3S/c1-22(2)10-11-26-18(25)15-12-23-17(24)16(20)14(21-19(23)27-15)9-8-13-6-4-3-5-7-13/h3-9,12H,10-11H2,1-2H3. The molecule has 8 heteroatoms. The van der Waals surface area contributed by atoms with Crippen LogP contribution in [0.3, 0.4) is 0 Å². The quantitative estimate of drug-likeness (QED) is 0.591. The van der Waals surface area contributed by atoms with E-state index in [1.807, 2.05) is 55.4 Å². The van der Waals surface area contributed by atoms with Crippen LogP contribution in [0.25, 0.3) is 17.1 Å². The normalized spacial score (nSPS) is 11.6. The van der Waals surface area contributed by atoms with Gasteiger partial charge in [-0.25, -0.2) is 9.78 Å². The summed E-state index contributed by atoms with van der Waals surface area (Å²) in [4.78, 5) is 31.7. The van der Waals surface area contributed by atoms with Gasteiger partial charge in [0.05, 0.1) is 5.69 Å². The highest BCUT2D eigenvalue weighted by Gasteiger charge is 2.16. The second-order valence-electron chi connectivity index (χ2n) is 6.05. The third-order valence-electron chi connectivity index (χ3n) is 3.71. The number of carbonyl (C=O) groups excluding carboxylic acids is 1. The summed E-state index contributed by atoms with van der Waals surface area (Å²) in [6, 6.07) is 9.62. The summed E-state index contributed by atoms with van der Waals surface area (Å²) in [6.07, 6.45) is 4.94. The van der Waals surface area contributed by atoms with E-state index in [2.05, 4.69) is 4.98 Å². The molecule has 0 aliphatic carbocycles. The summed E-state index contributed by atoms with van der Waals surface area (Å²) < 4.78 is 6.49. The van der Waals surface area contributed by atoms with Crippen LogP contribution in [0, 0.1) is 0 Å². The second-order valence-corrected chi connectivity index (χ2v) is 7.43. The zero-order chi connectivity index (χ0) is 19.4. The van der Waals surface area contributed by atoms with Gasteiger partial charge in [0.2, 0.25) is 0 Å². The number of aromatic nitrogens is 2. The SMILES string of the molecule is CN(C)CCOC(=O)c1cn2c(=O)c(Cl)c(C=Cc3ccccc3)nc2s1. The Bertz CT molecular complexity index is 1040. The van der Waals surface area contributed by atoms with Gasteiger partial charge in [0, 0.05) is 12.7 Å². The molecular formula is C19H18ClN3O3S. The lowest BCUT2D eigenvalue weighted by Gasteiger charge is -2.08. The first kappa shape index (κ1) is 19.3. The van der Waals surface area contributed by atoms with Crippen LogP contribution in [0.1, 0.15) is 20.9 Å². The molecule has 0 bridgehead atoms. The predicted octanol–water partition coefficient (Wildman–Crippen LogP) is 3.30. The fourth-order valence-corrected chi connectivity index (χ4v) is 3.34. The number of rotatable bonds is 6. The summed E-state index contributed by atoms with van der Waals surface area (Å²) in [5, 5.41) is 0.00464. The van der Waals surface area contributed by atoms with Crippen LogP contribution in [-0.4, -0.2) is 47.5 Å². The maximum absolute atomic E-state index is 12.5. The van der Waals surface area contributed by atoms with Crippen molar-refractivity contribution in [2.24, 2.45) is 0 Å². The molecule has 1 aromatic carbocycles. The van der Waals surface area contributed by atoms with Crippen LogP contribution in [-0.2, 0) is 4.74 Å². The van der Waals surface area contributed by atoms with Crippen LogP contribution in [0.2, 0.25) is 5.02 Å². The third-order valence-corrected chi connectivity index (χ3v) is 5.03. The molecule has 3 aromatic rings. The lowest BCUT2D eigenvalue weighted by atomic mass is 10.2. The lowest BCUT2D eigenvalue weighted by molar-refractivity contribution is 0.0487. The Balaban J connectivity index is 1.88. The van der Waals surface area contributed by atoms with Gasteiger partial charge in [0.25, 0.3) is 5.56 Å². The summed E-state index contributed by atoms with van der Waals surface area (Å²) in [5.74, 6) is -0.482. The minimum Gasteiger partial charge on any atom is -0.460 e. The van der Waals surface area contributed by atoms with E-state index in [4.69, 9.17) is 16.3 Å². The largest absolute Gasteiger partial charge is 0.460 e. The number of fused-ring (bicyclic) bond motifs is 1. The number of ether oxygens (including phenoxy) is 1. The molecule has 0 unspecified atom stereocenters. The molecule has 0 aliphatic rings. The van der Waals surface area contributed by atoms with Crippen molar-refractivity contribution in [2.75, 3.05) is 27.2 Å². The van der Waals surface area contributed by atoms with E-state index in [-0.39, 0.29) is 11.6 Å². The smallest absolute Gasteiger partial charge is 0.350 e. The zero-order valence-corrected chi connectivity index (χ0v) is 16.5. The third kappa shape index (κ3) is 4.63.